The first-order valence-corrected chi connectivity index (χ1v) is 3.48. The zero-order valence-corrected chi connectivity index (χ0v) is 7.13. The van der Waals surface area contributed by atoms with Crippen LogP contribution < -0.4 is 4.90 Å². The van der Waals surface area contributed by atoms with Crippen molar-refractivity contribution in [2.24, 2.45) is 0 Å². The molecular weight excluding hydrogens is 183 g/mol. The van der Waals surface area contributed by atoms with E-state index < -0.39 is 11.9 Å². The molecule has 0 amide bonds. The van der Waals surface area contributed by atoms with E-state index in [-0.39, 0.29) is 5.82 Å². The Labute approximate surface area is 73.2 Å². The van der Waals surface area contributed by atoms with Crippen LogP contribution in [0.1, 0.15) is 5.69 Å². The van der Waals surface area contributed by atoms with Gasteiger partial charge >= 0.3 is 6.18 Å². The predicted octanol–water partition coefficient (Wildman–Crippen LogP) is 1.56. The fourth-order valence-electron chi connectivity index (χ4n) is 0.747. The van der Waals surface area contributed by atoms with Gasteiger partial charge in [0.25, 0.3) is 0 Å². The van der Waals surface area contributed by atoms with Crippen molar-refractivity contribution in [1.82, 2.24) is 9.97 Å². The second kappa shape index (κ2) is 3.20. The van der Waals surface area contributed by atoms with Crippen molar-refractivity contribution in [1.29, 1.82) is 0 Å². The van der Waals surface area contributed by atoms with Gasteiger partial charge in [0, 0.05) is 20.2 Å². The van der Waals surface area contributed by atoms with Crippen molar-refractivity contribution in [2.75, 3.05) is 19.0 Å². The van der Waals surface area contributed by atoms with Crippen molar-refractivity contribution in [3.8, 4) is 0 Å². The van der Waals surface area contributed by atoms with Crippen molar-refractivity contribution >= 4 is 5.82 Å². The van der Waals surface area contributed by atoms with E-state index in [0.717, 1.165) is 12.4 Å². The van der Waals surface area contributed by atoms with Crippen LogP contribution in [0, 0.1) is 0 Å². The molecule has 1 rings (SSSR count). The summed E-state index contributed by atoms with van der Waals surface area (Å²) in [5.41, 5.74) is -0.925. The van der Waals surface area contributed by atoms with Gasteiger partial charge in [0.15, 0.2) is 0 Å². The Kier molecular flexibility index (Phi) is 2.40. The molecule has 1 heterocycles. The Balaban J connectivity index is 3.06. The summed E-state index contributed by atoms with van der Waals surface area (Å²) in [6, 6.07) is 0.903. The minimum atomic E-state index is -4.41. The summed E-state index contributed by atoms with van der Waals surface area (Å²) in [6.45, 7) is 0. The Morgan fingerprint density at radius 3 is 2.31 bits per heavy atom. The fraction of sp³-hybridized carbons (Fsp3) is 0.429. The summed E-state index contributed by atoms with van der Waals surface area (Å²) in [6.07, 6.45) is -3.51. The van der Waals surface area contributed by atoms with Gasteiger partial charge in [-0.25, -0.2) is 9.97 Å². The van der Waals surface area contributed by atoms with E-state index in [1.165, 1.54) is 4.90 Å². The number of anilines is 1. The van der Waals surface area contributed by atoms with Crippen LogP contribution in [-0.2, 0) is 6.18 Å². The third-order valence-electron chi connectivity index (χ3n) is 1.40. The second-order valence-corrected chi connectivity index (χ2v) is 2.65. The molecule has 1 aromatic heterocycles. The molecule has 0 spiro atoms. The largest absolute Gasteiger partial charge is 0.433 e. The molecule has 0 unspecified atom stereocenters. The monoisotopic (exact) mass is 191 g/mol. The van der Waals surface area contributed by atoms with Gasteiger partial charge in [0.2, 0.25) is 0 Å². The first kappa shape index (κ1) is 9.76. The molecule has 0 aromatic carbocycles. The topological polar surface area (TPSA) is 29.0 Å². The molecule has 0 radical (unpaired) electrons. The summed E-state index contributed by atoms with van der Waals surface area (Å²) in [7, 11) is 3.23. The first-order valence-electron chi connectivity index (χ1n) is 3.48. The number of aromatic nitrogens is 2. The van der Waals surface area contributed by atoms with E-state index in [0.29, 0.717) is 0 Å². The average molecular weight is 191 g/mol. The Hall–Kier alpha value is -1.33. The summed E-state index contributed by atoms with van der Waals surface area (Å²) in [5, 5.41) is 0. The molecule has 0 fully saturated rings. The predicted molar refractivity (Wildman–Crippen MR) is 41.4 cm³/mol. The van der Waals surface area contributed by atoms with Crippen molar-refractivity contribution in [3.05, 3.63) is 18.1 Å². The molecule has 13 heavy (non-hydrogen) atoms. The van der Waals surface area contributed by atoms with E-state index in [1.54, 1.807) is 14.1 Å². The quantitative estimate of drug-likeness (QED) is 0.674. The Morgan fingerprint density at radius 1 is 1.23 bits per heavy atom. The normalized spacial score (nSPS) is 11.5. The van der Waals surface area contributed by atoms with Crippen LogP contribution in [0.2, 0.25) is 0 Å². The van der Waals surface area contributed by atoms with Gasteiger partial charge in [-0.05, 0) is 0 Å². The summed E-state index contributed by atoms with van der Waals surface area (Å²) < 4.78 is 36.4. The van der Waals surface area contributed by atoms with Crippen LogP contribution in [0.15, 0.2) is 12.4 Å². The number of hydrogen-bond donors (Lipinski definition) is 0. The number of nitrogens with zero attached hydrogens (tertiary/aromatic N) is 3. The van der Waals surface area contributed by atoms with Crippen LogP contribution in [-0.4, -0.2) is 24.1 Å². The van der Waals surface area contributed by atoms with Gasteiger partial charge in [-0.15, -0.1) is 0 Å². The van der Waals surface area contributed by atoms with E-state index >= 15 is 0 Å². The van der Waals surface area contributed by atoms with Crippen LogP contribution in [0.4, 0.5) is 19.0 Å². The van der Waals surface area contributed by atoms with Gasteiger partial charge in [-0.2, -0.15) is 13.2 Å². The SMILES string of the molecule is CN(C)c1cc(C(F)(F)F)ncn1. The molecule has 3 nitrogen and oxygen atoms in total. The molecule has 0 N–H and O–H groups in total. The van der Waals surface area contributed by atoms with Gasteiger partial charge in [0.05, 0.1) is 0 Å². The molecule has 0 aliphatic rings. The van der Waals surface area contributed by atoms with E-state index in [1.807, 2.05) is 0 Å². The summed E-state index contributed by atoms with van der Waals surface area (Å²) in [5.74, 6) is 0.238. The van der Waals surface area contributed by atoms with Gasteiger partial charge in [0.1, 0.15) is 17.8 Å². The molecule has 0 saturated carbocycles. The van der Waals surface area contributed by atoms with Crippen LogP contribution in [0.5, 0.6) is 0 Å². The van der Waals surface area contributed by atoms with Crippen LogP contribution in [0.3, 0.4) is 0 Å². The summed E-state index contributed by atoms with van der Waals surface area (Å²) >= 11 is 0. The maximum atomic E-state index is 12.1. The highest BCUT2D eigenvalue weighted by Crippen LogP contribution is 2.28. The molecule has 0 saturated heterocycles. The van der Waals surface area contributed by atoms with Crippen molar-refractivity contribution in [2.45, 2.75) is 6.18 Å². The van der Waals surface area contributed by atoms with Gasteiger partial charge in [-0.3, -0.25) is 0 Å². The van der Waals surface area contributed by atoms with E-state index in [9.17, 15) is 13.2 Å². The highest BCUT2D eigenvalue weighted by molar-refractivity contribution is 5.37. The minimum absolute atomic E-state index is 0.238. The lowest BCUT2D eigenvalue weighted by atomic mass is 10.4. The standard InChI is InChI=1S/C7H8F3N3/c1-13(2)6-3-5(7(8,9)10)11-4-12-6/h3-4H,1-2H3. The average Bonchev–Trinajstić information content (AvgIpc) is 2.03. The summed E-state index contributed by atoms with van der Waals surface area (Å²) in [4.78, 5) is 8.28. The Bertz CT molecular complexity index is 295. The third kappa shape index (κ3) is 2.30. The fourth-order valence-corrected chi connectivity index (χ4v) is 0.747. The maximum absolute atomic E-state index is 12.1. The van der Waals surface area contributed by atoms with Crippen molar-refractivity contribution in [3.63, 3.8) is 0 Å². The molecule has 0 atom stereocenters. The minimum Gasteiger partial charge on any atom is -0.363 e. The van der Waals surface area contributed by atoms with Gasteiger partial charge < -0.3 is 4.90 Å². The molecule has 6 heteroatoms. The number of hydrogen-bond acceptors (Lipinski definition) is 3. The zero-order chi connectivity index (χ0) is 10.1. The highest BCUT2D eigenvalue weighted by atomic mass is 19.4. The number of rotatable bonds is 1. The zero-order valence-electron chi connectivity index (χ0n) is 7.13. The van der Waals surface area contributed by atoms with E-state index in [4.69, 9.17) is 0 Å². The second-order valence-electron chi connectivity index (χ2n) is 2.65. The molecule has 72 valence electrons. The maximum Gasteiger partial charge on any atom is 0.433 e. The van der Waals surface area contributed by atoms with Crippen molar-refractivity contribution < 1.29 is 13.2 Å². The lowest BCUT2D eigenvalue weighted by Gasteiger charge is -2.12. The first-order chi connectivity index (χ1) is 5.91. The molecule has 0 aliphatic heterocycles. The molecular formula is C7H8F3N3. The highest BCUT2D eigenvalue weighted by Gasteiger charge is 2.32. The molecule has 0 bridgehead atoms. The number of alkyl halides is 3. The van der Waals surface area contributed by atoms with Crippen LogP contribution >= 0.6 is 0 Å². The number of halogens is 3. The van der Waals surface area contributed by atoms with E-state index in [2.05, 4.69) is 9.97 Å². The smallest absolute Gasteiger partial charge is 0.363 e. The lowest BCUT2D eigenvalue weighted by Crippen LogP contribution is -2.14. The Morgan fingerprint density at radius 2 is 1.85 bits per heavy atom. The lowest BCUT2D eigenvalue weighted by molar-refractivity contribution is -0.141. The third-order valence-corrected chi connectivity index (χ3v) is 1.40. The molecule has 1 aromatic rings. The van der Waals surface area contributed by atoms with Crippen LogP contribution in [0.25, 0.3) is 0 Å². The molecule has 0 aliphatic carbocycles. The van der Waals surface area contributed by atoms with Gasteiger partial charge in [-0.1, -0.05) is 0 Å².